The van der Waals surface area contributed by atoms with Crippen molar-refractivity contribution in [2.75, 3.05) is 0 Å². The standard InChI is InChI=1S/C9H10ClFSi/c1-3-12(2,10)9-6-4-8(11)5-7-9/h3-7H,1H2,2H3. The third-order valence-electron chi connectivity index (χ3n) is 1.79. The zero-order valence-electron chi connectivity index (χ0n) is 6.85. The summed E-state index contributed by atoms with van der Waals surface area (Å²) >= 11 is 6.20. The first-order valence-electron chi connectivity index (χ1n) is 3.65. The maximum absolute atomic E-state index is 12.5. The molecule has 0 saturated carbocycles. The first-order valence-corrected chi connectivity index (χ1v) is 7.24. The maximum Gasteiger partial charge on any atom is 0.206 e. The summed E-state index contributed by atoms with van der Waals surface area (Å²) in [4.78, 5) is 0. The Morgan fingerprint density at radius 1 is 1.42 bits per heavy atom. The number of rotatable bonds is 2. The fraction of sp³-hybridized carbons (Fsp3) is 0.111. The second-order valence-corrected chi connectivity index (χ2v) is 8.28. The molecule has 0 aliphatic rings. The molecular formula is C9H10ClFSi. The molecule has 1 atom stereocenters. The van der Waals surface area contributed by atoms with Gasteiger partial charge >= 0.3 is 0 Å². The van der Waals surface area contributed by atoms with Crippen LogP contribution in [0.1, 0.15) is 0 Å². The number of hydrogen-bond donors (Lipinski definition) is 0. The normalized spacial score (nSPS) is 15.2. The van der Waals surface area contributed by atoms with Crippen molar-refractivity contribution in [2.45, 2.75) is 6.55 Å². The lowest BCUT2D eigenvalue weighted by molar-refractivity contribution is 0.628. The van der Waals surface area contributed by atoms with Gasteiger partial charge in [-0.1, -0.05) is 17.8 Å². The van der Waals surface area contributed by atoms with Crippen molar-refractivity contribution in [1.82, 2.24) is 0 Å². The number of halogens is 2. The molecular weight excluding hydrogens is 191 g/mol. The summed E-state index contributed by atoms with van der Waals surface area (Å²) in [6, 6.07) is 6.28. The molecule has 0 aromatic heterocycles. The molecule has 1 rings (SSSR count). The largest absolute Gasteiger partial charge is 0.207 e. The highest BCUT2D eigenvalue weighted by atomic mass is 35.6. The van der Waals surface area contributed by atoms with Crippen molar-refractivity contribution in [3.63, 3.8) is 0 Å². The lowest BCUT2D eigenvalue weighted by Crippen LogP contribution is -2.36. The van der Waals surface area contributed by atoms with Crippen LogP contribution >= 0.6 is 11.1 Å². The van der Waals surface area contributed by atoms with E-state index in [-0.39, 0.29) is 5.82 Å². The van der Waals surface area contributed by atoms with Crippen LogP contribution in [0.4, 0.5) is 4.39 Å². The fourth-order valence-electron chi connectivity index (χ4n) is 0.894. The van der Waals surface area contributed by atoms with E-state index in [0.717, 1.165) is 5.19 Å². The molecule has 0 aliphatic heterocycles. The minimum Gasteiger partial charge on any atom is -0.207 e. The van der Waals surface area contributed by atoms with Crippen LogP contribution in [0.2, 0.25) is 6.55 Å². The molecule has 1 aromatic rings. The highest BCUT2D eigenvalue weighted by molar-refractivity contribution is 7.29. The molecule has 0 N–H and O–H groups in total. The fourth-order valence-corrected chi connectivity index (χ4v) is 2.33. The van der Waals surface area contributed by atoms with Crippen LogP contribution in [0.25, 0.3) is 0 Å². The van der Waals surface area contributed by atoms with Gasteiger partial charge in [-0.2, -0.15) is 11.1 Å². The Morgan fingerprint density at radius 2 is 1.92 bits per heavy atom. The van der Waals surface area contributed by atoms with Gasteiger partial charge in [0.1, 0.15) is 5.82 Å². The Balaban J connectivity index is 3.04. The van der Waals surface area contributed by atoms with Crippen molar-refractivity contribution in [2.24, 2.45) is 0 Å². The van der Waals surface area contributed by atoms with Gasteiger partial charge in [-0.15, -0.1) is 6.58 Å². The summed E-state index contributed by atoms with van der Waals surface area (Å²) in [7, 11) is -2.01. The zero-order chi connectivity index (χ0) is 9.19. The molecule has 0 bridgehead atoms. The smallest absolute Gasteiger partial charge is 0.206 e. The molecule has 0 nitrogen and oxygen atoms in total. The maximum atomic E-state index is 12.5. The van der Waals surface area contributed by atoms with Gasteiger partial charge in [0.05, 0.1) is 0 Å². The van der Waals surface area contributed by atoms with E-state index in [2.05, 4.69) is 6.58 Å². The van der Waals surface area contributed by atoms with Gasteiger partial charge in [-0.3, -0.25) is 0 Å². The van der Waals surface area contributed by atoms with Gasteiger partial charge in [0.15, 0.2) is 0 Å². The summed E-state index contributed by atoms with van der Waals surface area (Å²) in [6.07, 6.45) is 0. The highest BCUT2D eigenvalue weighted by Crippen LogP contribution is 2.10. The lowest BCUT2D eigenvalue weighted by atomic mass is 10.3. The van der Waals surface area contributed by atoms with Crippen LogP contribution in [0.5, 0.6) is 0 Å². The van der Waals surface area contributed by atoms with Gasteiger partial charge in [0.2, 0.25) is 7.38 Å². The summed E-state index contributed by atoms with van der Waals surface area (Å²) in [6.45, 7) is 5.62. The minimum absolute atomic E-state index is 0.232. The molecule has 0 aliphatic carbocycles. The molecule has 0 spiro atoms. The van der Waals surface area contributed by atoms with Crippen molar-refractivity contribution < 1.29 is 4.39 Å². The molecule has 0 radical (unpaired) electrons. The van der Waals surface area contributed by atoms with Crippen molar-refractivity contribution >= 4 is 23.6 Å². The van der Waals surface area contributed by atoms with Crippen molar-refractivity contribution in [3.8, 4) is 0 Å². The predicted molar refractivity (Wildman–Crippen MR) is 53.7 cm³/mol. The Labute approximate surface area is 77.4 Å². The summed E-state index contributed by atoms with van der Waals surface area (Å²) in [5, 5.41) is 0.987. The Kier molecular flexibility index (Phi) is 2.70. The van der Waals surface area contributed by atoms with E-state index in [1.54, 1.807) is 17.8 Å². The molecule has 12 heavy (non-hydrogen) atoms. The second-order valence-electron chi connectivity index (χ2n) is 2.79. The van der Waals surface area contributed by atoms with Gasteiger partial charge in [0, 0.05) is 0 Å². The van der Waals surface area contributed by atoms with Crippen molar-refractivity contribution in [1.29, 1.82) is 0 Å². The van der Waals surface area contributed by atoms with Crippen LogP contribution in [0, 0.1) is 5.82 Å². The van der Waals surface area contributed by atoms with E-state index in [1.807, 2.05) is 6.55 Å². The second kappa shape index (κ2) is 3.41. The Morgan fingerprint density at radius 3 is 2.33 bits per heavy atom. The van der Waals surface area contributed by atoms with E-state index >= 15 is 0 Å². The van der Waals surface area contributed by atoms with E-state index in [9.17, 15) is 4.39 Å². The van der Waals surface area contributed by atoms with E-state index in [4.69, 9.17) is 11.1 Å². The molecule has 0 saturated heterocycles. The van der Waals surface area contributed by atoms with Gasteiger partial charge in [0.25, 0.3) is 0 Å². The average molecular weight is 201 g/mol. The van der Waals surface area contributed by atoms with Crippen LogP contribution in [-0.4, -0.2) is 7.38 Å². The molecule has 3 heteroatoms. The average Bonchev–Trinajstić information content (AvgIpc) is 2.05. The van der Waals surface area contributed by atoms with Gasteiger partial charge < -0.3 is 0 Å². The monoisotopic (exact) mass is 200 g/mol. The third-order valence-corrected chi connectivity index (χ3v) is 5.14. The summed E-state index contributed by atoms with van der Waals surface area (Å²) in [5.74, 6) is -0.232. The van der Waals surface area contributed by atoms with E-state index < -0.39 is 7.38 Å². The molecule has 0 fully saturated rings. The van der Waals surface area contributed by atoms with Gasteiger partial charge in [-0.25, -0.2) is 4.39 Å². The zero-order valence-corrected chi connectivity index (χ0v) is 8.61. The van der Waals surface area contributed by atoms with Crippen molar-refractivity contribution in [3.05, 3.63) is 42.4 Å². The summed E-state index contributed by atoms with van der Waals surface area (Å²) < 4.78 is 12.5. The quantitative estimate of drug-likeness (QED) is 0.509. The Bertz CT molecular complexity index is 279. The summed E-state index contributed by atoms with van der Waals surface area (Å²) in [5.41, 5.74) is 1.77. The lowest BCUT2D eigenvalue weighted by Gasteiger charge is -2.13. The SMILES string of the molecule is C=C[Si](C)(Cl)c1ccc(F)cc1. The van der Waals surface area contributed by atoms with E-state index in [1.165, 1.54) is 12.1 Å². The van der Waals surface area contributed by atoms with Crippen LogP contribution in [-0.2, 0) is 0 Å². The predicted octanol–water partition coefficient (Wildman–Crippen LogP) is 2.57. The van der Waals surface area contributed by atoms with Gasteiger partial charge in [-0.05, 0) is 23.9 Å². The molecule has 0 heterocycles. The molecule has 64 valence electrons. The molecule has 0 amide bonds. The highest BCUT2D eigenvalue weighted by Gasteiger charge is 2.22. The van der Waals surface area contributed by atoms with Crippen LogP contribution < -0.4 is 5.19 Å². The topological polar surface area (TPSA) is 0 Å². The number of benzene rings is 1. The molecule has 1 unspecified atom stereocenters. The minimum atomic E-state index is -2.01. The first kappa shape index (κ1) is 9.48. The van der Waals surface area contributed by atoms with Crippen LogP contribution in [0.3, 0.4) is 0 Å². The molecule has 1 aromatic carbocycles. The third kappa shape index (κ3) is 1.96. The van der Waals surface area contributed by atoms with E-state index in [0.29, 0.717) is 0 Å². The first-order chi connectivity index (χ1) is 5.56. The number of hydrogen-bond acceptors (Lipinski definition) is 0. The van der Waals surface area contributed by atoms with Crippen LogP contribution in [0.15, 0.2) is 36.5 Å². The Hall–Kier alpha value is -0.603.